The zero-order valence-electron chi connectivity index (χ0n) is 27.4. The molecule has 0 atom stereocenters. The van der Waals surface area contributed by atoms with E-state index in [9.17, 15) is 0 Å². The summed E-state index contributed by atoms with van der Waals surface area (Å²) in [4.78, 5) is 7.59. The quantitative estimate of drug-likeness (QED) is 0.182. The van der Waals surface area contributed by atoms with Gasteiger partial charge in [-0.25, -0.2) is 4.98 Å². The fraction of sp³-hybridized carbons (Fsp3) is 0.0889. The molecule has 0 fully saturated rings. The summed E-state index contributed by atoms with van der Waals surface area (Å²) in [5.74, 6) is 1.54. The highest BCUT2D eigenvalue weighted by Gasteiger charge is 2.39. The van der Waals surface area contributed by atoms with Gasteiger partial charge in [0.2, 0.25) is 6.79 Å². The highest BCUT2D eigenvalue weighted by molar-refractivity contribution is 6.03. The van der Waals surface area contributed by atoms with E-state index in [0.29, 0.717) is 0 Å². The molecule has 1 aliphatic heterocycles. The monoisotopic (exact) mass is 634 g/mol. The Morgan fingerprint density at radius 3 is 1.84 bits per heavy atom. The van der Waals surface area contributed by atoms with Crippen molar-refractivity contribution in [2.45, 2.75) is 19.3 Å². The number of nitrogens with zero attached hydrogens (tertiary/aromatic N) is 2. The Balaban J connectivity index is 1.39. The summed E-state index contributed by atoms with van der Waals surface area (Å²) in [7, 11) is 0. The number of para-hydroxylation sites is 2. The molecule has 2 aliphatic rings. The lowest BCUT2D eigenvalue weighted by Crippen LogP contribution is -2.16. The van der Waals surface area contributed by atoms with Gasteiger partial charge in [-0.15, -0.1) is 0 Å². The van der Waals surface area contributed by atoms with Crippen molar-refractivity contribution in [1.29, 1.82) is 0 Å². The molecule has 0 unspecified atom stereocenters. The van der Waals surface area contributed by atoms with Crippen LogP contribution in [0.1, 0.15) is 25.0 Å². The van der Waals surface area contributed by atoms with Crippen LogP contribution in [0.15, 0.2) is 158 Å². The molecule has 1 aromatic heterocycles. The molecule has 7 aromatic rings. The van der Waals surface area contributed by atoms with E-state index in [0.717, 1.165) is 62.2 Å². The van der Waals surface area contributed by atoms with Crippen molar-refractivity contribution >= 4 is 17.1 Å². The average molecular weight is 635 g/mol. The van der Waals surface area contributed by atoms with Crippen LogP contribution in [-0.4, -0.2) is 11.8 Å². The normalized spacial score (nSPS) is 13.5. The van der Waals surface area contributed by atoms with Crippen LogP contribution >= 0.6 is 0 Å². The minimum absolute atomic E-state index is 0.177. The number of rotatable bonds is 6. The third-order valence-electron chi connectivity index (χ3n) is 9.86. The van der Waals surface area contributed by atoms with Gasteiger partial charge < -0.3 is 14.4 Å². The molecule has 0 radical (unpaired) electrons. The van der Waals surface area contributed by atoms with E-state index in [4.69, 9.17) is 14.5 Å². The fourth-order valence-electron chi connectivity index (χ4n) is 7.53. The minimum Gasteiger partial charge on any atom is -0.454 e. The molecular weight excluding hydrogens is 601 g/mol. The summed E-state index contributed by atoms with van der Waals surface area (Å²) in [5.41, 5.74) is 14.1. The molecular formula is C45H34N2O2. The third kappa shape index (κ3) is 4.79. The van der Waals surface area contributed by atoms with Crippen molar-refractivity contribution in [3.8, 4) is 56.3 Å². The van der Waals surface area contributed by atoms with Gasteiger partial charge in [0.05, 0.1) is 22.8 Å². The van der Waals surface area contributed by atoms with E-state index < -0.39 is 0 Å². The molecule has 4 heteroatoms. The molecule has 6 aromatic carbocycles. The van der Waals surface area contributed by atoms with E-state index in [1.165, 1.54) is 22.3 Å². The number of hydrogen-bond acceptors (Lipinski definition) is 4. The first kappa shape index (κ1) is 29.0. The molecule has 0 saturated carbocycles. The number of fused-ring (bicyclic) bond motifs is 4. The van der Waals surface area contributed by atoms with Crippen molar-refractivity contribution in [3.63, 3.8) is 0 Å². The van der Waals surface area contributed by atoms with Gasteiger partial charge in [-0.3, -0.25) is 0 Å². The zero-order chi connectivity index (χ0) is 33.0. The standard InChI is InChI=1S/C45H34N2O2/c1-45(2)36-23-13-12-21-34(36)42-37(45)25-26-40(43(42)35-22-14-24-41-44(35)49-29-48-41)47(32-19-10-5-11-20-32)33-27-38(30-15-6-3-7-16-30)46-39(28-33)31-17-8-4-9-18-31/h3-28H,29H2,1-2H3. The lowest BCUT2D eigenvalue weighted by molar-refractivity contribution is 0.174. The van der Waals surface area contributed by atoms with Gasteiger partial charge in [-0.05, 0) is 58.7 Å². The van der Waals surface area contributed by atoms with Crippen LogP contribution in [0.3, 0.4) is 0 Å². The van der Waals surface area contributed by atoms with Gasteiger partial charge in [-0.2, -0.15) is 0 Å². The fourth-order valence-corrected chi connectivity index (χ4v) is 7.53. The molecule has 0 saturated heterocycles. The van der Waals surface area contributed by atoms with Crippen LogP contribution in [-0.2, 0) is 5.41 Å². The lowest BCUT2D eigenvalue weighted by Gasteiger charge is -2.31. The molecule has 0 spiro atoms. The Kier molecular flexibility index (Phi) is 6.84. The van der Waals surface area contributed by atoms with Gasteiger partial charge in [-0.1, -0.05) is 135 Å². The Morgan fingerprint density at radius 2 is 1.14 bits per heavy atom. The summed E-state index contributed by atoms with van der Waals surface area (Å²) < 4.78 is 12.2. The second-order valence-corrected chi connectivity index (χ2v) is 13.1. The van der Waals surface area contributed by atoms with E-state index in [1.54, 1.807) is 0 Å². The number of hydrogen-bond donors (Lipinski definition) is 0. The van der Waals surface area contributed by atoms with E-state index in [1.807, 2.05) is 18.2 Å². The van der Waals surface area contributed by atoms with Crippen molar-refractivity contribution < 1.29 is 9.47 Å². The number of pyridine rings is 1. The van der Waals surface area contributed by atoms with Crippen LogP contribution in [0.2, 0.25) is 0 Å². The smallest absolute Gasteiger partial charge is 0.231 e. The average Bonchev–Trinajstić information content (AvgIpc) is 3.73. The molecule has 236 valence electrons. The summed E-state index contributed by atoms with van der Waals surface area (Å²) in [5, 5.41) is 0. The minimum atomic E-state index is -0.177. The van der Waals surface area contributed by atoms with Gasteiger partial charge in [0.15, 0.2) is 11.5 Å². The number of benzene rings is 6. The third-order valence-corrected chi connectivity index (χ3v) is 9.86. The zero-order valence-corrected chi connectivity index (χ0v) is 27.4. The van der Waals surface area contributed by atoms with Gasteiger partial charge >= 0.3 is 0 Å². The topological polar surface area (TPSA) is 34.6 Å². The maximum absolute atomic E-state index is 6.23. The maximum atomic E-state index is 6.23. The Labute approximate surface area is 286 Å². The molecule has 0 bridgehead atoms. The van der Waals surface area contributed by atoms with E-state index in [-0.39, 0.29) is 12.2 Å². The van der Waals surface area contributed by atoms with Crippen molar-refractivity contribution in [1.82, 2.24) is 4.98 Å². The summed E-state index contributed by atoms with van der Waals surface area (Å²) in [6, 6.07) is 55.5. The number of anilines is 3. The summed E-state index contributed by atoms with van der Waals surface area (Å²) in [6.45, 7) is 4.85. The molecule has 1 aliphatic carbocycles. The van der Waals surface area contributed by atoms with E-state index >= 15 is 0 Å². The SMILES string of the molecule is CC1(C)c2ccccc2-c2c1ccc(N(c1ccccc1)c1cc(-c3ccccc3)nc(-c3ccccc3)c1)c2-c1cccc2c1OCO2. The van der Waals surface area contributed by atoms with Crippen molar-refractivity contribution in [3.05, 3.63) is 169 Å². The molecule has 2 heterocycles. The maximum Gasteiger partial charge on any atom is 0.231 e. The Morgan fingerprint density at radius 1 is 0.531 bits per heavy atom. The van der Waals surface area contributed by atoms with Crippen molar-refractivity contribution in [2.24, 2.45) is 0 Å². The first-order valence-corrected chi connectivity index (χ1v) is 16.7. The first-order valence-electron chi connectivity index (χ1n) is 16.7. The number of aromatic nitrogens is 1. The van der Waals surface area contributed by atoms with Crippen LogP contribution < -0.4 is 14.4 Å². The molecule has 0 N–H and O–H groups in total. The highest BCUT2D eigenvalue weighted by Crippen LogP contribution is 2.58. The van der Waals surface area contributed by atoms with Crippen LogP contribution in [0, 0.1) is 0 Å². The largest absolute Gasteiger partial charge is 0.454 e. The lowest BCUT2D eigenvalue weighted by atomic mass is 9.81. The van der Waals surface area contributed by atoms with Crippen LogP contribution in [0.25, 0.3) is 44.8 Å². The van der Waals surface area contributed by atoms with Gasteiger partial charge in [0.1, 0.15) is 0 Å². The summed E-state index contributed by atoms with van der Waals surface area (Å²) >= 11 is 0. The predicted molar refractivity (Wildman–Crippen MR) is 199 cm³/mol. The molecule has 9 rings (SSSR count). The molecule has 0 amide bonds. The number of ether oxygens (including phenoxy) is 2. The second kappa shape index (κ2) is 11.5. The van der Waals surface area contributed by atoms with Crippen molar-refractivity contribution in [2.75, 3.05) is 11.7 Å². The predicted octanol–water partition coefficient (Wildman–Crippen LogP) is 11.6. The van der Waals surface area contributed by atoms with Crippen LogP contribution in [0.5, 0.6) is 11.5 Å². The Hall–Kier alpha value is -6.13. The van der Waals surface area contributed by atoms with E-state index in [2.05, 4.69) is 158 Å². The Bertz CT molecular complexity index is 2280. The second-order valence-electron chi connectivity index (χ2n) is 13.1. The van der Waals surface area contributed by atoms with Gasteiger partial charge in [0, 0.05) is 33.4 Å². The molecule has 4 nitrogen and oxygen atoms in total. The summed E-state index contributed by atoms with van der Waals surface area (Å²) in [6.07, 6.45) is 0. The first-order chi connectivity index (χ1) is 24.1. The van der Waals surface area contributed by atoms with Crippen LogP contribution in [0.4, 0.5) is 17.1 Å². The van der Waals surface area contributed by atoms with Gasteiger partial charge in [0.25, 0.3) is 0 Å². The molecule has 49 heavy (non-hydrogen) atoms. The highest BCUT2D eigenvalue weighted by atomic mass is 16.7.